The van der Waals surface area contributed by atoms with E-state index in [0.29, 0.717) is 30.3 Å². The van der Waals surface area contributed by atoms with Crippen LogP contribution in [0.1, 0.15) is 43.7 Å². The molecule has 144 valence electrons. The summed E-state index contributed by atoms with van der Waals surface area (Å²) in [5.74, 6) is 0.716. The van der Waals surface area contributed by atoms with E-state index in [0.717, 1.165) is 24.2 Å². The third-order valence-corrected chi connectivity index (χ3v) is 5.67. The number of nitrogens with two attached hydrogens (primary N) is 1. The molecule has 1 aromatic heterocycles. The highest BCUT2D eigenvalue weighted by atomic mass is 16.3. The number of rotatable bonds is 3. The second-order valence-electron chi connectivity index (χ2n) is 7.61. The smallest absolute Gasteiger partial charge is 0.220 e. The minimum absolute atomic E-state index is 0.117. The zero-order valence-electron chi connectivity index (χ0n) is 15.3. The Kier molecular flexibility index (Phi) is 4.88. The van der Waals surface area contributed by atoms with Crippen molar-refractivity contribution in [1.82, 2.24) is 9.97 Å². The summed E-state index contributed by atoms with van der Waals surface area (Å²) in [6.45, 7) is 0.704. The third-order valence-electron chi connectivity index (χ3n) is 5.67. The Hall–Kier alpha value is -2.38. The van der Waals surface area contributed by atoms with Crippen molar-refractivity contribution >= 4 is 11.6 Å². The van der Waals surface area contributed by atoms with Crippen molar-refractivity contribution in [1.29, 1.82) is 0 Å². The van der Waals surface area contributed by atoms with Crippen LogP contribution < -0.4 is 10.6 Å². The van der Waals surface area contributed by atoms with Crippen molar-refractivity contribution < 1.29 is 15.3 Å². The van der Waals surface area contributed by atoms with Crippen molar-refractivity contribution in [3.05, 3.63) is 30.0 Å². The summed E-state index contributed by atoms with van der Waals surface area (Å²) in [6.07, 6.45) is 4.33. The van der Waals surface area contributed by atoms with E-state index < -0.39 is 12.2 Å². The van der Waals surface area contributed by atoms with E-state index in [1.807, 2.05) is 17.0 Å². The maximum absolute atomic E-state index is 10.4. The molecule has 4 rings (SSSR count). The van der Waals surface area contributed by atoms with Gasteiger partial charge < -0.3 is 26.0 Å². The Labute approximate surface area is 158 Å². The molecule has 1 aliphatic carbocycles. The first-order valence-corrected chi connectivity index (χ1v) is 9.60. The number of β-amino-alcohol motifs (C(OH)–C–C–N with tert-alkyl or cyclic N) is 2. The maximum Gasteiger partial charge on any atom is 0.220 e. The molecule has 0 radical (unpaired) electrons. The summed E-state index contributed by atoms with van der Waals surface area (Å²) >= 11 is 0. The average molecular weight is 370 g/mol. The van der Waals surface area contributed by atoms with Gasteiger partial charge >= 0.3 is 0 Å². The Morgan fingerprint density at radius 3 is 2.37 bits per heavy atom. The normalized spacial score (nSPS) is 23.7. The van der Waals surface area contributed by atoms with Gasteiger partial charge in [-0.3, -0.25) is 0 Å². The Bertz CT molecular complexity index is 813. The molecule has 1 saturated heterocycles. The lowest BCUT2D eigenvalue weighted by Crippen LogP contribution is -2.22. The monoisotopic (exact) mass is 370 g/mol. The van der Waals surface area contributed by atoms with Gasteiger partial charge in [0.1, 0.15) is 5.75 Å². The molecular formula is C20H26N4O3. The summed E-state index contributed by atoms with van der Waals surface area (Å²) < 4.78 is 0. The van der Waals surface area contributed by atoms with Gasteiger partial charge in [0.15, 0.2) is 0 Å². The second-order valence-corrected chi connectivity index (χ2v) is 7.61. The van der Waals surface area contributed by atoms with Crippen molar-refractivity contribution in [2.24, 2.45) is 0 Å². The molecule has 1 saturated carbocycles. The molecule has 2 aliphatic rings. The number of hydrogen-bond acceptors (Lipinski definition) is 7. The van der Waals surface area contributed by atoms with Crippen LogP contribution in [0.4, 0.5) is 11.6 Å². The second kappa shape index (κ2) is 7.32. The first-order chi connectivity index (χ1) is 13.0. The fraction of sp³-hybridized carbons (Fsp3) is 0.500. The van der Waals surface area contributed by atoms with Crippen LogP contribution in [0.25, 0.3) is 11.3 Å². The van der Waals surface area contributed by atoms with Gasteiger partial charge in [-0.05, 0) is 37.1 Å². The third kappa shape index (κ3) is 3.70. The number of anilines is 2. The summed E-state index contributed by atoms with van der Waals surface area (Å²) in [6, 6.07) is 7.14. The molecule has 0 unspecified atom stereocenters. The zero-order valence-corrected chi connectivity index (χ0v) is 15.3. The average Bonchev–Trinajstić information content (AvgIpc) is 3.01. The fourth-order valence-corrected chi connectivity index (χ4v) is 4.14. The maximum atomic E-state index is 10.4. The molecule has 7 nitrogen and oxygen atoms in total. The lowest BCUT2D eigenvalue weighted by molar-refractivity contribution is 0.0572. The Balaban J connectivity index is 1.68. The first-order valence-electron chi connectivity index (χ1n) is 9.60. The van der Waals surface area contributed by atoms with Crippen LogP contribution in [0.3, 0.4) is 0 Å². The first kappa shape index (κ1) is 18.0. The molecule has 2 heterocycles. The SMILES string of the molecule is Nc1nc(-c2cc(N3C[C@H](O)[C@@H](O)C3)ccc2O)cc(C2CCCCC2)n1. The molecule has 1 aliphatic heterocycles. The van der Waals surface area contributed by atoms with Gasteiger partial charge in [0.25, 0.3) is 0 Å². The highest BCUT2D eigenvalue weighted by Crippen LogP contribution is 2.37. The predicted octanol–water partition coefficient (Wildman–Crippen LogP) is 2.02. The minimum Gasteiger partial charge on any atom is -0.507 e. The number of aromatic nitrogens is 2. The Morgan fingerprint density at radius 2 is 1.67 bits per heavy atom. The highest BCUT2D eigenvalue weighted by Gasteiger charge is 2.30. The van der Waals surface area contributed by atoms with Crippen molar-refractivity contribution in [2.45, 2.75) is 50.2 Å². The number of nitrogens with zero attached hydrogens (tertiary/aromatic N) is 3. The van der Waals surface area contributed by atoms with Gasteiger partial charge in [-0.15, -0.1) is 0 Å². The fourth-order valence-electron chi connectivity index (χ4n) is 4.14. The van der Waals surface area contributed by atoms with Crippen LogP contribution in [0, 0.1) is 0 Å². The molecule has 2 aromatic rings. The standard InChI is InChI=1S/C20H26N4O3/c21-20-22-15(12-4-2-1-3-5-12)9-16(23-20)14-8-13(6-7-17(14)25)24-10-18(26)19(27)11-24/h6-9,12,18-19,25-27H,1-5,10-11H2,(H2,21,22,23)/t18-,19-/m0/s1. The number of phenolic OH excluding ortho intramolecular Hbond substituents is 1. The number of aliphatic hydroxyl groups excluding tert-OH is 2. The minimum atomic E-state index is -0.769. The van der Waals surface area contributed by atoms with E-state index in [1.54, 1.807) is 12.1 Å². The number of phenols is 1. The van der Waals surface area contributed by atoms with Gasteiger partial charge in [-0.2, -0.15) is 0 Å². The van der Waals surface area contributed by atoms with Crippen LogP contribution in [0.15, 0.2) is 24.3 Å². The van der Waals surface area contributed by atoms with Gasteiger partial charge in [0.05, 0.1) is 17.9 Å². The molecule has 27 heavy (non-hydrogen) atoms. The molecule has 0 amide bonds. The lowest BCUT2D eigenvalue weighted by Gasteiger charge is -2.22. The largest absolute Gasteiger partial charge is 0.507 e. The molecule has 7 heteroatoms. The van der Waals surface area contributed by atoms with Gasteiger partial charge in [0, 0.05) is 36.0 Å². The lowest BCUT2D eigenvalue weighted by atomic mass is 9.86. The van der Waals surface area contributed by atoms with Crippen LogP contribution in [0.5, 0.6) is 5.75 Å². The predicted molar refractivity (Wildman–Crippen MR) is 104 cm³/mol. The summed E-state index contributed by atoms with van der Waals surface area (Å²) in [7, 11) is 0. The summed E-state index contributed by atoms with van der Waals surface area (Å²) in [5.41, 5.74) is 8.90. The molecule has 0 spiro atoms. The number of benzene rings is 1. The molecular weight excluding hydrogens is 344 g/mol. The zero-order chi connectivity index (χ0) is 19.0. The van der Waals surface area contributed by atoms with Crippen LogP contribution >= 0.6 is 0 Å². The van der Waals surface area contributed by atoms with E-state index in [-0.39, 0.29) is 11.7 Å². The number of aliphatic hydroxyl groups is 2. The quantitative estimate of drug-likeness (QED) is 0.653. The summed E-state index contributed by atoms with van der Waals surface area (Å²) in [4.78, 5) is 10.7. The van der Waals surface area contributed by atoms with Crippen LogP contribution in [-0.4, -0.2) is 50.6 Å². The summed E-state index contributed by atoms with van der Waals surface area (Å²) in [5, 5.41) is 30.0. The van der Waals surface area contributed by atoms with Crippen LogP contribution in [-0.2, 0) is 0 Å². The van der Waals surface area contributed by atoms with Crippen molar-refractivity contribution in [3.63, 3.8) is 0 Å². The topological polar surface area (TPSA) is 116 Å². The number of aromatic hydroxyl groups is 1. The van der Waals surface area contributed by atoms with Crippen molar-refractivity contribution in [2.75, 3.05) is 23.7 Å². The van der Waals surface area contributed by atoms with Gasteiger partial charge in [-0.25, -0.2) is 9.97 Å². The van der Waals surface area contributed by atoms with E-state index in [4.69, 9.17) is 5.73 Å². The molecule has 1 aromatic carbocycles. The molecule has 2 atom stereocenters. The molecule has 5 N–H and O–H groups in total. The number of hydrogen-bond donors (Lipinski definition) is 4. The highest BCUT2D eigenvalue weighted by molar-refractivity contribution is 5.73. The van der Waals surface area contributed by atoms with E-state index in [2.05, 4.69) is 9.97 Å². The van der Waals surface area contributed by atoms with E-state index in [1.165, 1.54) is 19.3 Å². The molecule has 0 bridgehead atoms. The van der Waals surface area contributed by atoms with Crippen molar-refractivity contribution in [3.8, 4) is 17.0 Å². The Morgan fingerprint density at radius 1 is 0.963 bits per heavy atom. The van der Waals surface area contributed by atoms with Gasteiger partial charge in [0.2, 0.25) is 5.95 Å². The van der Waals surface area contributed by atoms with Gasteiger partial charge in [-0.1, -0.05) is 19.3 Å². The molecule has 2 fully saturated rings. The van der Waals surface area contributed by atoms with E-state index >= 15 is 0 Å². The number of nitrogen functional groups attached to an aromatic ring is 1. The van der Waals surface area contributed by atoms with E-state index in [9.17, 15) is 15.3 Å². The van der Waals surface area contributed by atoms with Crippen LogP contribution in [0.2, 0.25) is 0 Å².